The first-order chi connectivity index (χ1) is 6.02. The van der Waals surface area contributed by atoms with Gasteiger partial charge in [-0.15, -0.1) is 0 Å². The van der Waals surface area contributed by atoms with Crippen molar-refractivity contribution in [2.75, 3.05) is 0 Å². The van der Waals surface area contributed by atoms with Crippen molar-refractivity contribution in [1.29, 1.82) is 0 Å². The lowest BCUT2D eigenvalue weighted by Gasteiger charge is -2.27. The van der Waals surface area contributed by atoms with E-state index in [4.69, 9.17) is 4.43 Å². The van der Waals surface area contributed by atoms with Gasteiger partial charge in [-0.1, -0.05) is 32.0 Å². The second kappa shape index (κ2) is 3.96. The molecule has 0 aliphatic carbocycles. The average Bonchev–Trinajstić information content (AvgIpc) is 2.05. The summed E-state index contributed by atoms with van der Waals surface area (Å²) in [6.07, 6.45) is 0. The molecule has 1 rings (SSSR count). The van der Waals surface area contributed by atoms with Crippen LogP contribution in [-0.4, -0.2) is 8.32 Å². The zero-order valence-electron chi connectivity index (χ0n) is 8.87. The molecule has 13 heavy (non-hydrogen) atoms. The summed E-state index contributed by atoms with van der Waals surface area (Å²) in [7, 11) is -1.52. The number of hydrogen-bond donors (Lipinski definition) is 0. The van der Waals surface area contributed by atoms with Crippen LogP contribution in [0.5, 0.6) is 5.75 Å². The minimum Gasteiger partial charge on any atom is -0.544 e. The fraction of sp³-hybridized carbons (Fsp3) is 0.455. The van der Waals surface area contributed by atoms with Gasteiger partial charge in [0.15, 0.2) is 0 Å². The molecule has 0 aliphatic rings. The van der Waals surface area contributed by atoms with Gasteiger partial charge in [0.2, 0.25) is 8.32 Å². The van der Waals surface area contributed by atoms with Crippen molar-refractivity contribution in [2.45, 2.75) is 32.5 Å². The summed E-state index contributed by atoms with van der Waals surface area (Å²) < 4.78 is 6.00. The van der Waals surface area contributed by atoms with Crippen LogP contribution < -0.4 is 4.43 Å². The molecule has 0 aliphatic heterocycles. The first-order valence-electron chi connectivity index (χ1n) is 4.76. The first-order valence-corrected chi connectivity index (χ1v) is 7.75. The van der Waals surface area contributed by atoms with Crippen LogP contribution in [0.15, 0.2) is 30.3 Å². The van der Waals surface area contributed by atoms with Gasteiger partial charge in [0.1, 0.15) is 5.75 Å². The molecule has 1 aromatic rings. The third-order valence-electron chi connectivity index (χ3n) is 2.51. The standard InChI is InChI=1S/C11H18OSi/c1-10(2)13(3,4)12-11-8-6-5-7-9-11/h5-10H,1-4H3. The third kappa shape index (κ3) is 2.88. The van der Waals surface area contributed by atoms with E-state index in [1.165, 1.54) is 0 Å². The largest absolute Gasteiger partial charge is 0.544 e. The minimum absolute atomic E-state index is 0.646. The Labute approximate surface area is 81.9 Å². The lowest BCUT2D eigenvalue weighted by Crippen LogP contribution is -2.37. The van der Waals surface area contributed by atoms with Crippen LogP contribution in [0.1, 0.15) is 13.8 Å². The van der Waals surface area contributed by atoms with E-state index in [-0.39, 0.29) is 0 Å². The predicted octanol–water partition coefficient (Wildman–Crippen LogP) is 3.68. The fourth-order valence-electron chi connectivity index (χ4n) is 0.910. The normalized spacial score (nSPS) is 11.8. The Balaban J connectivity index is 2.69. The fourth-order valence-corrected chi connectivity index (χ4v) is 1.89. The Bertz CT molecular complexity index is 254. The highest BCUT2D eigenvalue weighted by Gasteiger charge is 2.28. The monoisotopic (exact) mass is 194 g/mol. The molecule has 0 radical (unpaired) electrons. The highest BCUT2D eigenvalue weighted by atomic mass is 28.4. The van der Waals surface area contributed by atoms with E-state index in [2.05, 4.69) is 26.9 Å². The predicted molar refractivity (Wildman–Crippen MR) is 59.7 cm³/mol. The summed E-state index contributed by atoms with van der Waals surface area (Å²) >= 11 is 0. The number of benzene rings is 1. The Kier molecular flexibility index (Phi) is 3.15. The molecule has 72 valence electrons. The van der Waals surface area contributed by atoms with Gasteiger partial charge < -0.3 is 4.43 Å². The Morgan fingerprint density at radius 2 is 1.62 bits per heavy atom. The van der Waals surface area contributed by atoms with Crippen molar-refractivity contribution in [2.24, 2.45) is 0 Å². The molecule has 0 saturated heterocycles. The molecule has 0 fully saturated rings. The summed E-state index contributed by atoms with van der Waals surface area (Å²) in [5.74, 6) is 1.01. The van der Waals surface area contributed by atoms with Crippen molar-refractivity contribution in [1.82, 2.24) is 0 Å². The van der Waals surface area contributed by atoms with Gasteiger partial charge in [-0.25, -0.2) is 0 Å². The summed E-state index contributed by atoms with van der Waals surface area (Å²) in [6, 6.07) is 10.1. The Hall–Kier alpha value is -0.763. The van der Waals surface area contributed by atoms with Gasteiger partial charge in [0, 0.05) is 0 Å². The molecular formula is C11H18OSi. The number of para-hydroxylation sites is 1. The molecule has 0 heterocycles. The molecule has 2 heteroatoms. The maximum Gasteiger partial charge on any atom is 0.247 e. The van der Waals surface area contributed by atoms with E-state index in [1.807, 2.05) is 30.3 Å². The number of rotatable bonds is 3. The molecule has 0 bridgehead atoms. The molecule has 0 amide bonds. The van der Waals surface area contributed by atoms with E-state index >= 15 is 0 Å². The van der Waals surface area contributed by atoms with Crippen molar-refractivity contribution in [3.05, 3.63) is 30.3 Å². The highest BCUT2D eigenvalue weighted by Crippen LogP contribution is 2.24. The molecule has 0 saturated carbocycles. The van der Waals surface area contributed by atoms with E-state index in [9.17, 15) is 0 Å². The van der Waals surface area contributed by atoms with Crippen LogP contribution in [0, 0.1) is 0 Å². The average molecular weight is 194 g/mol. The van der Waals surface area contributed by atoms with E-state index in [0.29, 0.717) is 5.54 Å². The minimum atomic E-state index is -1.52. The molecule has 0 unspecified atom stereocenters. The van der Waals surface area contributed by atoms with Crippen molar-refractivity contribution < 1.29 is 4.43 Å². The van der Waals surface area contributed by atoms with Crippen molar-refractivity contribution in [3.63, 3.8) is 0 Å². The van der Waals surface area contributed by atoms with Gasteiger partial charge in [-0.2, -0.15) is 0 Å². The maximum atomic E-state index is 6.00. The smallest absolute Gasteiger partial charge is 0.247 e. The van der Waals surface area contributed by atoms with Gasteiger partial charge in [0.05, 0.1) is 0 Å². The van der Waals surface area contributed by atoms with Gasteiger partial charge in [-0.3, -0.25) is 0 Å². The lowest BCUT2D eigenvalue weighted by molar-refractivity contribution is 0.533. The lowest BCUT2D eigenvalue weighted by atomic mass is 10.3. The van der Waals surface area contributed by atoms with Crippen LogP contribution in [-0.2, 0) is 0 Å². The quantitative estimate of drug-likeness (QED) is 0.667. The molecule has 1 aromatic carbocycles. The molecule has 1 nitrogen and oxygen atoms in total. The Morgan fingerprint density at radius 1 is 1.08 bits per heavy atom. The second-order valence-electron chi connectivity index (χ2n) is 4.17. The van der Waals surface area contributed by atoms with Crippen LogP contribution in [0.25, 0.3) is 0 Å². The second-order valence-corrected chi connectivity index (χ2v) is 8.74. The number of hydrogen-bond acceptors (Lipinski definition) is 1. The summed E-state index contributed by atoms with van der Waals surface area (Å²) in [6.45, 7) is 8.97. The van der Waals surface area contributed by atoms with Crippen molar-refractivity contribution in [3.8, 4) is 5.75 Å². The highest BCUT2D eigenvalue weighted by molar-refractivity contribution is 6.73. The van der Waals surface area contributed by atoms with Gasteiger partial charge >= 0.3 is 0 Å². The maximum absolute atomic E-state index is 6.00. The molecule has 0 spiro atoms. The van der Waals surface area contributed by atoms with Gasteiger partial charge in [-0.05, 0) is 30.8 Å². The van der Waals surface area contributed by atoms with Gasteiger partial charge in [0.25, 0.3) is 0 Å². The van der Waals surface area contributed by atoms with Crippen LogP contribution in [0.3, 0.4) is 0 Å². The SMILES string of the molecule is CC(C)[Si](C)(C)Oc1ccccc1. The van der Waals surface area contributed by atoms with Crippen LogP contribution in [0.4, 0.5) is 0 Å². The summed E-state index contributed by atoms with van der Waals surface area (Å²) in [5.41, 5.74) is 0.646. The zero-order valence-corrected chi connectivity index (χ0v) is 9.87. The third-order valence-corrected chi connectivity index (χ3v) is 6.06. The summed E-state index contributed by atoms with van der Waals surface area (Å²) in [4.78, 5) is 0. The molecule has 0 aromatic heterocycles. The molecule has 0 atom stereocenters. The van der Waals surface area contributed by atoms with E-state index in [0.717, 1.165) is 5.75 Å². The van der Waals surface area contributed by atoms with E-state index in [1.54, 1.807) is 0 Å². The first kappa shape index (κ1) is 10.3. The van der Waals surface area contributed by atoms with E-state index < -0.39 is 8.32 Å². The van der Waals surface area contributed by atoms with Crippen LogP contribution >= 0.6 is 0 Å². The van der Waals surface area contributed by atoms with Crippen molar-refractivity contribution >= 4 is 8.32 Å². The topological polar surface area (TPSA) is 9.23 Å². The zero-order chi connectivity index (χ0) is 9.90. The van der Waals surface area contributed by atoms with Crippen LogP contribution in [0.2, 0.25) is 18.6 Å². The molecule has 0 N–H and O–H groups in total. The molecular weight excluding hydrogens is 176 g/mol. The summed E-state index contributed by atoms with van der Waals surface area (Å²) in [5, 5.41) is 0. The Morgan fingerprint density at radius 3 is 2.08 bits per heavy atom.